The highest BCUT2D eigenvalue weighted by molar-refractivity contribution is 7.91. The van der Waals surface area contributed by atoms with E-state index in [2.05, 4.69) is 4.72 Å². The van der Waals surface area contributed by atoms with Gasteiger partial charge in [0.1, 0.15) is 10.6 Å². The second-order valence-electron chi connectivity index (χ2n) is 5.33. The summed E-state index contributed by atoms with van der Waals surface area (Å²) in [4.78, 5) is 10.1. The van der Waals surface area contributed by atoms with Gasteiger partial charge >= 0.3 is 0 Å². The summed E-state index contributed by atoms with van der Waals surface area (Å²) in [6, 6.07) is 2.95. The Morgan fingerprint density at radius 1 is 1.48 bits per heavy atom. The van der Waals surface area contributed by atoms with E-state index in [-0.39, 0.29) is 24.1 Å². The number of rotatable bonds is 5. The van der Waals surface area contributed by atoms with Gasteiger partial charge in [-0.2, -0.15) is 0 Å². The molecule has 0 aromatic heterocycles. The van der Waals surface area contributed by atoms with Crippen LogP contribution in [0.2, 0.25) is 0 Å². The normalized spacial score (nSPS) is 19.8. The van der Waals surface area contributed by atoms with E-state index in [0.29, 0.717) is 0 Å². The van der Waals surface area contributed by atoms with Crippen LogP contribution in [-0.4, -0.2) is 25.1 Å². The zero-order chi connectivity index (χ0) is 16.1. The van der Waals surface area contributed by atoms with Gasteiger partial charge in [0.05, 0.1) is 10.5 Å². The van der Waals surface area contributed by atoms with Gasteiger partial charge in [-0.05, 0) is 32.9 Å². The molecular weight excluding hydrogens is 301 g/mol. The van der Waals surface area contributed by atoms with Crippen molar-refractivity contribution in [3.63, 3.8) is 0 Å². The molecule has 0 spiro atoms. The van der Waals surface area contributed by atoms with E-state index in [0.717, 1.165) is 18.2 Å². The molecule has 0 heterocycles. The van der Waals surface area contributed by atoms with Gasteiger partial charge in [-0.3, -0.25) is 10.1 Å². The first-order valence-corrected chi connectivity index (χ1v) is 7.74. The quantitative estimate of drug-likeness (QED) is 0.620. The van der Waals surface area contributed by atoms with E-state index in [1.807, 2.05) is 0 Å². The average Bonchev–Trinajstić information content (AvgIpc) is 3.20. The summed E-state index contributed by atoms with van der Waals surface area (Å²) in [5.41, 5.74) is 4.04. The number of sulfonamides is 1. The van der Waals surface area contributed by atoms with Crippen molar-refractivity contribution in [2.45, 2.75) is 30.1 Å². The number of hydrogen-bond acceptors (Lipinski definition) is 5. The Balaban J connectivity index is 2.60. The highest BCUT2D eigenvalue weighted by Gasteiger charge is 2.65. The average molecular weight is 317 g/mol. The van der Waals surface area contributed by atoms with Crippen molar-refractivity contribution >= 4 is 15.7 Å². The van der Waals surface area contributed by atoms with Crippen molar-refractivity contribution in [1.29, 1.82) is 0 Å². The van der Waals surface area contributed by atoms with Gasteiger partial charge in [0.2, 0.25) is 10.0 Å². The summed E-state index contributed by atoms with van der Waals surface area (Å²) in [5.74, 6) is -0.761. The van der Waals surface area contributed by atoms with E-state index in [1.54, 1.807) is 0 Å². The first kappa shape index (κ1) is 15.8. The number of hydrogen-bond donors (Lipinski definition) is 2. The van der Waals surface area contributed by atoms with Crippen LogP contribution in [0.1, 0.15) is 25.3 Å². The zero-order valence-electron chi connectivity index (χ0n) is 11.6. The number of benzene rings is 1. The molecule has 1 aromatic carbocycles. The molecular formula is C12H16FN3O4S. The van der Waals surface area contributed by atoms with Crippen molar-refractivity contribution < 1.29 is 17.7 Å². The van der Waals surface area contributed by atoms with Crippen molar-refractivity contribution in [3.05, 3.63) is 39.7 Å². The van der Waals surface area contributed by atoms with Crippen LogP contribution in [0.3, 0.4) is 0 Å². The Hall–Kier alpha value is -1.58. The van der Waals surface area contributed by atoms with Crippen LogP contribution in [0.4, 0.5) is 10.1 Å². The summed E-state index contributed by atoms with van der Waals surface area (Å²) in [5, 5.41) is 10.8. The number of non-ortho nitro benzene ring substituents is 1. The van der Waals surface area contributed by atoms with Crippen molar-refractivity contribution in [1.82, 2.24) is 4.72 Å². The topological polar surface area (TPSA) is 115 Å². The number of nitrogens with zero attached hydrogens (tertiary/aromatic N) is 1. The molecule has 0 aliphatic heterocycles. The summed E-state index contributed by atoms with van der Waals surface area (Å²) in [6.07, 6.45) is 0.538. The molecule has 9 heteroatoms. The Kier molecular flexibility index (Phi) is 3.55. The number of halogens is 1. The van der Waals surface area contributed by atoms with Gasteiger partial charge in [-0.25, -0.2) is 17.5 Å². The van der Waals surface area contributed by atoms with Gasteiger partial charge in [0.15, 0.2) is 0 Å². The molecule has 7 nitrogen and oxygen atoms in total. The molecule has 1 aromatic rings. The molecule has 0 radical (unpaired) electrons. The number of nitro benzene ring substituents is 1. The Bertz CT molecular complexity index is 698. The van der Waals surface area contributed by atoms with Crippen LogP contribution < -0.4 is 10.5 Å². The largest absolute Gasteiger partial charge is 0.320 e. The standard InChI is InChI=1S/C12H16FN3O4S/c1-11(14,12(5-6-12)21(19,20)15-2)9-7-8(16(17)18)3-4-10(9)13/h3-4,7,15H,5-6,14H2,1-2H3. The molecule has 1 aliphatic carbocycles. The third-order valence-corrected chi connectivity index (χ3v) is 6.55. The zero-order valence-corrected chi connectivity index (χ0v) is 12.4. The summed E-state index contributed by atoms with van der Waals surface area (Å²) < 4.78 is 39.3. The van der Waals surface area contributed by atoms with Gasteiger partial charge in [0.25, 0.3) is 5.69 Å². The van der Waals surface area contributed by atoms with Crippen LogP contribution in [0.15, 0.2) is 18.2 Å². The number of nitro groups is 1. The lowest BCUT2D eigenvalue weighted by Crippen LogP contribution is -2.54. The van der Waals surface area contributed by atoms with Gasteiger partial charge in [-0.15, -0.1) is 0 Å². The second-order valence-corrected chi connectivity index (χ2v) is 7.52. The highest BCUT2D eigenvalue weighted by atomic mass is 32.2. The van der Waals surface area contributed by atoms with Crippen LogP contribution in [0.5, 0.6) is 0 Å². The predicted molar refractivity (Wildman–Crippen MR) is 74.5 cm³/mol. The molecule has 0 saturated heterocycles. The minimum atomic E-state index is -3.75. The smallest absolute Gasteiger partial charge is 0.269 e. The van der Waals surface area contributed by atoms with Crippen molar-refractivity contribution in [2.24, 2.45) is 5.73 Å². The predicted octanol–water partition coefficient (Wildman–Crippen LogP) is 0.990. The highest BCUT2D eigenvalue weighted by Crippen LogP contribution is 2.54. The van der Waals surface area contributed by atoms with E-state index in [1.165, 1.54) is 14.0 Å². The van der Waals surface area contributed by atoms with Crippen molar-refractivity contribution in [3.8, 4) is 0 Å². The SMILES string of the molecule is CNS(=O)(=O)C1(C(C)(N)c2cc([N+](=O)[O-])ccc2F)CC1. The summed E-state index contributed by atoms with van der Waals surface area (Å²) >= 11 is 0. The summed E-state index contributed by atoms with van der Waals surface area (Å²) in [7, 11) is -2.49. The van der Waals surface area contributed by atoms with Gasteiger partial charge < -0.3 is 5.73 Å². The van der Waals surface area contributed by atoms with Crippen molar-refractivity contribution in [2.75, 3.05) is 7.05 Å². The lowest BCUT2D eigenvalue weighted by molar-refractivity contribution is -0.385. The van der Waals surface area contributed by atoms with Crippen LogP contribution in [-0.2, 0) is 15.6 Å². The van der Waals surface area contributed by atoms with Crippen LogP contribution >= 0.6 is 0 Å². The molecule has 0 bridgehead atoms. The minimum Gasteiger partial charge on any atom is -0.320 e. The maximum absolute atomic E-state index is 14.1. The van der Waals surface area contributed by atoms with Crippen LogP contribution in [0.25, 0.3) is 0 Å². The molecule has 0 amide bonds. The Morgan fingerprint density at radius 3 is 2.48 bits per heavy atom. The number of nitrogens with one attached hydrogen (secondary N) is 1. The molecule has 3 N–H and O–H groups in total. The Labute approximate surface area is 121 Å². The maximum atomic E-state index is 14.1. The molecule has 21 heavy (non-hydrogen) atoms. The van der Waals surface area contributed by atoms with E-state index in [9.17, 15) is 22.9 Å². The molecule has 2 rings (SSSR count). The first-order valence-electron chi connectivity index (χ1n) is 6.25. The van der Waals surface area contributed by atoms with E-state index < -0.39 is 31.0 Å². The minimum absolute atomic E-state index is 0.173. The number of nitrogens with two attached hydrogens (primary N) is 1. The van der Waals surface area contributed by atoms with E-state index in [4.69, 9.17) is 5.73 Å². The maximum Gasteiger partial charge on any atom is 0.269 e. The summed E-state index contributed by atoms with van der Waals surface area (Å²) in [6.45, 7) is 1.39. The van der Waals surface area contributed by atoms with Gasteiger partial charge in [0, 0.05) is 17.7 Å². The molecule has 1 fully saturated rings. The Morgan fingerprint density at radius 2 is 2.05 bits per heavy atom. The fraction of sp³-hybridized carbons (Fsp3) is 0.500. The van der Waals surface area contributed by atoms with Crippen LogP contribution in [0, 0.1) is 15.9 Å². The fourth-order valence-electron chi connectivity index (χ4n) is 2.65. The van der Waals surface area contributed by atoms with Gasteiger partial charge in [-0.1, -0.05) is 0 Å². The molecule has 1 atom stereocenters. The fourth-order valence-corrected chi connectivity index (χ4v) is 4.34. The molecule has 1 saturated carbocycles. The third kappa shape index (κ3) is 2.21. The molecule has 1 aliphatic rings. The first-order chi connectivity index (χ1) is 9.59. The monoisotopic (exact) mass is 317 g/mol. The lowest BCUT2D eigenvalue weighted by Gasteiger charge is -2.34. The molecule has 1 unspecified atom stereocenters. The van der Waals surface area contributed by atoms with E-state index >= 15 is 0 Å². The molecule has 116 valence electrons. The lowest BCUT2D eigenvalue weighted by atomic mass is 9.87. The second kappa shape index (κ2) is 4.72. The third-order valence-electron chi connectivity index (χ3n) is 4.15.